The Hall–Kier alpha value is -1.75. The molecule has 0 aliphatic rings. The summed E-state index contributed by atoms with van der Waals surface area (Å²) in [4.78, 5) is 12.1. The molecule has 0 heterocycles. The van der Waals surface area contributed by atoms with Gasteiger partial charge in [-0.3, -0.25) is 5.21 Å². The second-order valence-electron chi connectivity index (χ2n) is 6.74. The molecule has 1 N–H and O–H groups in total. The molecular weight excluding hydrogens is 282 g/mol. The van der Waals surface area contributed by atoms with Gasteiger partial charge < -0.3 is 9.47 Å². The van der Waals surface area contributed by atoms with Crippen molar-refractivity contribution >= 4 is 6.09 Å². The van der Waals surface area contributed by atoms with Crippen molar-refractivity contribution in [2.24, 2.45) is 5.92 Å². The fourth-order valence-corrected chi connectivity index (χ4v) is 2.09. The largest absolute Gasteiger partial charge is 0.497 e. The van der Waals surface area contributed by atoms with Crippen molar-refractivity contribution < 1.29 is 19.5 Å². The van der Waals surface area contributed by atoms with Gasteiger partial charge in [0, 0.05) is 0 Å². The summed E-state index contributed by atoms with van der Waals surface area (Å²) in [7, 11) is 1.60. The molecule has 0 fully saturated rings. The van der Waals surface area contributed by atoms with Crippen LogP contribution in [0.4, 0.5) is 4.79 Å². The summed E-state index contributed by atoms with van der Waals surface area (Å²) >= 11 is 0. The molecule has 1 unspecified atom stereocenters. The molecule has 1 aromatic rings. The number of benzene rings is 1. The number of nitrogens with zero attached hydrogens (tertiary/aromatic N) is 1. The molecule has 0 aliphatic heterocycles. The van der Waals surface area contributed by atoms with Crippen molar-refractivity contribution in [1.82, 2.24) is 5.06 Å². The van der Waals surface area contributed by atoms with Crippen LogP contribution in [0.5, 0.6) is 5.75 Å². The Labute approximate surface area is 132 Å². The van der Waals surface area contributed by atoms with Crippen molar-refractivity contribution in [2.75, 3.05) is 7.11 Å². The minimum atomic E-state index is -0.742. The summed E-state index contributed by atoms with van der Waals surface area (Å²) in [5.41, 5.74) is 0.184. The number of hydrogen-bond acceptors (Lipinski definition) is 4. The minimum Gasteiger partial charge on any atom is -0.497 e. The molecule has 1 atom stereocenters. The zero-order valence-corrected chi connectivity index (χ0v) is 14.3. The van der Waals surface area contributed by atoms with Gasteiger partial charge in [0.25, 0.3) is 0 Å². The fourth-order valence-electron chi connectivity index (χ4n) is 2.09. The van der Waals surface area contributed by atoms with Crippen molar-refractivity contribution in [3.8, 4) is 5.75 Å². The van der Waals surface area contributed by atoms with Gasteiger partial charge >= 0.3 is 6.09 Å². The summed E-state index contributed by atoms with van der Waals surface area (Å²) in [5, 5.41) is 11.0. The Balaban J connectivity index is 2.98. The zero-order chi connectivity index (χ0) is 16.9. The van der Waals surface area contributed by atoms with Crippen LogP contribution in [0.25, 0.3) is 0 Å². The molecule has 1 aromatic carbocycles. The molecule has 0 spiro atoms. The van der Waals surface area contributed by atoms with Crippen LogP contribution in [0.2, 0.25) is 0 Å². The monoisotopic (exact) mass is 309 g/mol. The van der Waals surface area contributed by atoms with Crippen LogP contribution in [-0.4, -0.2) is 29.1 Å². The Morgan fingerprint density at radius 3 is 2.18 bits per heavy atom. The van der Waals surface area contributed by atoms with Gasteiger partial charge in [-0.05, 0) is 50.8 Å². The molecule has 0 saturated heterocycles. The second-order valence-corrected chi connectivity index (χ2v) is 6.74. The van der Waals surface area contributed by atoms with Gasteiger partial charge in [0.05, 0.1) is 13.2 Å². The Bertz CT molecular complexity index is 476. The third kappa shape index (κ3) is 5.56. The average molecular weight is 309 g/mol. The minimum absolute atomic E-state index is 0.309. The van der Waals surface area contributed by atoms with Crippen LogP contribution < -0.4 is 4.74 Å². The van der Waals surface area contributed by atoms with Crippen molar-refractivity contribution in [3.63, 3.8) is 0 Å². The van der Waals surface area contributed by atoms with Gasteiger partial charge in [-0.15, -0.1) is 0 Å². The summed E-state index contributed by atoms with van der Waals surface area (Å²) in [5.74, 6) is 1.04. The molecule has 5 heteroatoms. The Kier molecular flexibility index (Phi) is 6.23. The quantitative estimate of drug-likeness (QED) is 0.646. The number of rotatable bonds is 5. The van der Waals surface area contributed by atoms with Crippen LogP contribution in [0.15, 0.2) is 24.3 Å². The highest BCUT2D eigenvalue weighted by atomic mass is 16.6. The van der Waals surface area contributed by atoms with Gasteiger partial charge in [-0.1, -0.05) is 26.0 Å². The second kappa shape index (κ2) is 7.49. The summed E-state index contributed by atoms with van der Waals surface area (Å²) in [6.07, 6.45) is -0.115. The lowest BCUT2D eigenvalue weighted by Gasteiger charge is -2.30. The third-order valence-corrected chi connectivity index (χ3v) is 3.07. The van der Waals surface area contributed by atoms with Gasteiger partial charge in [-0.25, -0.2) is 4.79 Å². The van der Waals surface area contributed by atoms with E-state index in [0.29, 0.717) is 17.4 Å². The molecule has 0 saturated carbocycles. The number of carbonyl (C=O) groups is 1. The number of carbonyl (C=O) groups excluding carboxylic acids is 1. The molecule has 0 aliphatic carbocycles. The average Bonchev–Trinajstić information content (AvgIpc) is 2.42. The van der Waals surface area contributed by atoms with E-state index in [1.165, 1.54) is 0 Å². The van der Waals surface area contributed by atoms with Crippen LogP contribution >= 0.6 is 0 Å². The molecule has 0 bridgehead atoms. The van der Waals surface area contributed by atoms with Crippen LogP contribution in [0.1, 0.15) is 52.6 Å². The molecule has 0 aromatic heterocycles. The summed E-state index contributed by atoms with van der Waals surface area (Å²) in [6.45, 7) is 9.38. The van der Waals surface area contributed by atoms with E-state index in [9.17, 15) is 10.0 Å². The van der Waals surface area contributed by atoms with E-state index in [2.05, 4.69) is 0 Å². The third-order valence-electron chi connectivity index (χ3n) is 3.07. The van der Waals surface area contributed by atoms with Crippen molar-refractivity contribution in [2.45, 2.75) is 52.7 Å². The SMILES string of the molecule is COc1ccc(C(CC(C)C)N(O)C(=O)OC(C)(C)C)cc1. The van der Waals surface area contributed by atoms with Crippen LogP contribution in [0, 0.1) is 5.92 Å². The first-order valence-corrected chi connectivity index (χ1v) is 7.49. The van der Waals surface area contributed by atoms with Gasteiger partial charge in [0.2, 0.25) is 0 Å². The maximum absolute atomic E-state index is 12.1. The Morgan fingerprint density at radius 1 is 1.23 bits per heavy atom. The number of methoxy groups -OCH3 is 1. The zero-order valence-electron chi connectivity index (χ0n) is 14.3. The standard InChI is InChI=1S/C17H27NO4/c1-12(2)11-15(13-7-9-14(21-6)10-8-13)18(20)16(19)22-17(3,4)5/h7-10,12,15,20H,11H2,1-6H3. The molecular formula is C17H27NO4. The highest BCUT2D eigenvalue weighted by Gasteiger charge is 2.29. The van der Waals surface area contributed by atoms with Crippen LogP contribution in [-0.2, 0) is 4.74 Å². The number of ether oxygens (including phenoxy) is 2. The van der Waals surface area contributed by atoms with E-state index in [4.69, 9.17) is 9.47 Å². The highest BCUT2D eigenvalue weighted by molar-refractivity contribution is 5.67. The maximum atomic E-state index is 12.1. The molecule has 0 radical (unpaired) electrons. The fraction of sp³-hybridized carbons (Fsp3) is 0.588. The van der Waals surface area contributed by atoms with Crippen molar-refractivity contribution in [3.05, 3.63) is 29.8 Å². The van der Waals surface area contributed by atoms with Crippen LogP contribution in [0.3, 0.4) is 0 Å². The molecule has 1 amide bonds. The molecule has 124 valence electrons. The first kappa shape index (κ1) is 18.3. The molecule has 22 heavy (non-hydrogen) atoms. The highest BCUT2D eigenvalue weighted by Crippen LogP contribution is 2.29. The lowest BCUT2D eigenvalue weighted by molar-refractivity contribution is -0.125. The van der Waals surface area contributed by atoms with E-state index in [-0.39, 0.29) is 0 Å². The van der Waals surface area contributed by atoms with Crippen molar-refractivity contribution in [1.29, 1.82) is 0 Å². The van der Waals surface area contributed by atoms with Gasteiger partial charge in [0.15, 0.2) is 0 Å². The smallest absolute Gasteiger partial charge is 0.434 e. The van der Waals surface area contributed by atoms with E-state index < -0.39 is 17.7 Å². The molecule has 5 nitrogen and oxygen atoms in total. The number of hydroxylamine groups is 2. The maximum Gasteiger partial charge on any atom is 0.434 e. The van der Waals surface area contributed by atoms with E-state index >= 15 is 0 Å². The predicted octanol–water partition coefficient (Wildman–Crippen LogP) is 4.41. The lowest BCUT2D eigenvalue weighted by atomic mass is 9.97. The normalized spacial score (nSPS) is 12.9. The number of hydrogen-bond donors (Lipinski definition) is 1. The topological polar surface area (TPSA) is 59.0 Å². The Morgan fingerprint density at radius 2 is 1.77 bits per heavy atom. The lowest BCUT2D eigenvalue weighted by Crippen LogP contribution is -2.37. The van der Waals surface area contributed by atoms with Gasteiger partial charge in [-0.2, -0.15) is 5.06 Å². The summed E-state index contributed by atoms with van der Waals surface area (Å²) < 4.78 is 10.4. The molecule has 1 rings (SSSR count). The first-order valence-electron chi connectivity index (χ1n) is 7.49. The predicted molar refractivity (Wildman–Crippen MR) is 85.0 cm³/mol. The summed E-state index contributed by atoms with van der Waals surface area (Å²) in [6, 6.07) is 6.86. The van der Waals surface area contributed by atoms with E-state index in [1.807, 2.05) is 38.1 Å². The van der Waals surface area contributed by atoms with E-state index in [0.717, 1.165) is 11.3 Å². The number of amides is 1. The first-order chi connectivity index (χ1) is 10.1. The van der Waals surface area contributed by atoms with Gasteiger partial charge in [0.1, 0.15) is 11.4 Å². The van der Waals surface area contributed by atoms with E-state index in [1.54, 1.807) is 27.9 Å².